The summed E-state index contributed by atoms with van der Waals surface area (Å²) in [5.74, 6) is -1.15. The van der Waals surface area contributed by atoms with Crippen molar-refractivity contribution in [2.24, 2.45) is 0 Å². The first kappa shape index (κ1) is 11.4. The van der Waals surface area contributed by atoms with E-state index in [2.05, 4.69) is 0 Å². The molecule has 1 fully saturated rings. The normalized spacial score (nSPS) is 17.9. The molecule has 1 aromatic carbocycles. The molecular formula is C9H8F2O4S. The van der Waals surface area contributed by atoms with E-state index >= 15 is 0 Å². The minimum Gasteiger partial charge on any atom is -0.346 e. The maximum atomic E-state index is 13.3. The predicted octanol–water partition coefficient (Wildman–Crippen LogP) is 1.53. The van der Waals surface area contributed by atoms with Gasteiger partial charge >= 0.3 is 10.2 Å². The third-order valence-corrected chi connectivity index (χ3v) is 2.97. The maximum Gasteiger partial charge on any atom is 0.335 e. The van der Waals surface area contributed by atoms with Crippen molar-refractivity contribution in [2.45, 2.75) is 11.2 Å². The fourth-order valence-electron chi connectivity index (χ4n) is 1.41. The summed E-state index contributed by atoms with van der Waals surface area (Å²) >= 11 is 0. The highest BCUT2D eigenvalue weighted by atomic mass is 32.3. The lowest BCUT2D eigenvalue weighted by Crippen LogP contribution is -2.02. The van der Waals surface area contributed by atoms with Crippen LogP contribution in [0.4, 0.5) is 8.28 Å². The molecule has 0 atom stereocenters. The highest BCUT2D eigenvalue weighted by Crippen LogP contribution is 2.26. The van der Waals surface area contributed by atoms with E-state index in [4.69, 9.17) is 9.47 Å². The molecule has 1 aliphatic rings. The topological polar surface area (TPSA) is 52.6 Å². The first-order valence-corrected chi connectivity index (χ1v) is 5.84. The molecule has 0 N–H and O–H groups in total. The van der Waals surface area contributed by atoms with Crippen molar-refractivity contribution in [2.75, 3.05) is 13.2 Å². The lowest BCUT2D eigenvalue weighted by atomic mass is 10.2. The molecule has 0 unspecified atom stereocenters. The predicted molar refractivity (Wildman–Crippen MR) is 49.3 cm³/mol. The molecule has 1 aliphatic heterocycles. The van der Waals surface area contributed by atoms with Crippen LogP contribution in [-0.2, 0) is 19.7 Å². The first-order valence-electron chi connectivity index (χ1n) is 4.46. The zero-order valence-corrected chi connectivity index (χ0v) is 8.84. The van der Waals surface area contributed by atoms with Crippen molar-refractivity contribution < 1.29 is 26.2 Å². The Morgan fingerprint density at radius 3 is 2.38 bits per heavy atom. The van der Waals surface area contributed by atoms with Gasteiger partial charge in [0.05, 0.1) is 13.2 Å². The number of benzene rings is 1. The molecule has 88 valence electrons. The van der Waals surface area contributed by atoms with Gasteiger partial charge < -0.3 is 9.47 Å². The minimum atomic E-state index is -5.03. The summed E-state index contributed by atoms with van der Waals surface area (Å²) in [6, 6.07) is 3.00. The summed E-state index contributed by atoms with van der Waals surface area (Å²) in [4.78, 5) is -0.978. The Labute approximate surface area is 91.0 Å². The molecule has 1 aromatic rings. The largest absolute Gasteiger partial charge is 0.346 e. The zero-order valence-electron chi connectivity index (χ0n) is 8.02. The van der Waals surface area contributed by atoms with Crippen LogP contribution in [0.5, 0.6) is 0 Å². The van der Waals surface area contributed by atoms with Crippen molar-refractivity contribution in [3.63, 3.8) is 0 Å². The number of ether oxygens (including phenoxy) is 2. The van der Waals surface area contributed by atoms with Crippen LogP contribution in [0.3, 0.4) is 0 Å². The van der Waals surface area contributed by atoms with Gasteiger partial charge in [-0.2, -0.15) is 8.42 Å². The van der Waals surface area contributed by atoms with Crippen LogP contribution in [0.15, 0.2) is 23.1 Å². The highest BCUT2D eigenvalue weighted by molar-refractivity contribution is 7.86. The second-order valence-electron chi connectivity index (χ2n) is 3.20. The van der Waals surface area contributed by atoms with Gasteiger partial charge in [-0.05, 0) is 12.1 Å². The van der Waals surface area contributed by atoms with Gasteiger partial charge in [-0.15, -0.1) is 3.89 Å². The van der Waals surface area contributed by atoms with Crippen molar-refractivity contribution in [1.82, 2.24) is 0 Å². The summed E-state index contributed by atoms with van der Waals surface area (Å²) in [5.41, 5.74) is 0.322. The van der Waals surface area contributed by atoms with Gasteiger partial charge in [0.15, 0.2) is 6.29 Å². The smallest absolute Gasteiger partial charge is 0.335 e. The molecule has 0 spiro atoms. The van der Waals surface area contributed by atoms with Crippen molar-refractivity contribution >= 4 is 10.2 Å². The van der Waals surface area contributed by atoms with Gasteiger partial charge in [0, 0.05) is 5.56 Å². The van der Waals surface area contributed by atoms with Crippen LogP contribution >= 0.6 is 0 Å². The van der Waals surface area contributed by atoms with E-state index < -0.39 is 27.2 Å². The van der Waals surface area contributed by atoms with E-state index in [-0.39, 0.29) is 0 Å². The van der Waals surface area contributed by atoms with Crippen LogP contribution in [0.25, 0.3) is 0 Å². The molecule has 0 amide bonds. The van der Waals surface area contributed by atoms with Gasteiger partial charge in [0.1, 0.15) is 10.7 Å². The SMILES string of the molecule is O=S(=O)(F)c1ccc(C2OCCO2)cc1F. The van der Waals surface area contributed by atoms with Gasteiger partial charge in [-0.25, -0.2) is 4.39 Å². The zero-order chi connectivity index (χ0) is 11.8. The van der Waals surface area contributed by atoms with Gasteiger partial charge in [0.25, 0.3) is 0 Å². The standard InChI is InChI=1S/C9H8F2O4S/c10-7-5-6(9-14-3-4-15-9)1-2-8(7)16(11,12)13/h1-2,5,9H,3-4H2. The Morgan fingerprint density at radius 2 is 1.88 bits per heavy atom. The Kier molecular flexibility index (Phi) is 2.92. The molecule has 0 radical (unpaired) electrons. The fourth-order valence-corrected chi connectivity index (χ4v) is 1.93. The number of hydrogen-bond acceptors (Lipinski definition) is 4. The van der Waals surface area contributed by atoms with Gasteiger partial charge in [-0.1, -0.05) is 6.07 Å². The Morgan fingerprint density at radius 1 is 1.25 bits per heavy atom. The Bertz CT molecular complexity index is 494. The van der Waals surface area contributed by atoms with E-state index in [1.54, 1.807) is 0 Å². The quantitative estimate of drug-likeness (QED) is 0.747. The molecular weight excluding hydrogens is 242 g/mol. The molecule has 0 saturated carbocycles. The van der Waals surface area contributed by atoms with E-state index in [9.17, 15) is 16.7 Å². The Hall–Kier alpha value is -1.05. The van der Waals surface area contributed by atoms with Crippen LogP contribution in [0, 0.1) is 5.82 Å². The van der Waals surface area contributed by atoms with E-state index in [0.29, 0.717) is 18.8 Å². The molecule has 0 aromatic heterocycles. The van der Waals surface area contributed by atoms with E-state index in [1.807, 2.05) is 0 Å². The van der Waals surface area contributed by atoms with Gasteiger partial charge in [0.2, 0.25) is 0 Å². The summed E-state index contributed by atoms with van der Waals surface area (Å²) < 4.78 is 57.0. The Balaban J connectivity index is 2.36. The number of rotatable bonds is 2. The molecule has 2 rings (SSSR count). The number of hydrogen-bond donors (Lipinski definition) is 0. The fraction of sp³-hybridized carbons (Fsp3) is 0.333. The maximum absolute atomic E-state index is 13.3. The van der Waals surface area contributed by atoms with Crippen molar-refractivity contribution in [1.29, 1.82) is 0 Å². The molecule has 0 bridgehead atoms. The minimum absolute atomic E-state index is 0.322. The molecule has 1 saturated heterocycles. The molecule has 1 heterocycles. The molecule has 4 nitrogen and oxygen atoms in total. The average Bonchev–Trinajstić information content (AvgIpc) is 2.68. The van der Waals surface area contributed by atoms with Crippen molar-refractivity contribution in [3.8, 4) is 0 Å². The second kappa shape index (κ2) is 4.08. The molecule has 7 heteroatoms. The summed E-state index contributed by atoms with van der Waals surface area (Å²) in [5, 5.41) is 0. The van der Waals surface area contributed by atoms with Crippen LogP contribution in [0.2, 0.25) is 0 Å². The monoisotopic (exact) mass is 250 g/mol. The third-order valence-electron chi connectivity index (χ3n) is 2.11. The highest BCUT2D eigenvalue weighted by Gasteiger charge is 2.23. The number of halogens is 2. The van der Waals surface area contributed by atoms with E-state index in [1.165, 1.54) is 6.07 Å². The third kappa shape index (κ3) is 2.21. The van der Waals surface area contributed by atoms with Crippen molar-refractivity contribution in [3.05, 3.63) is 29.6 Å². The van der Waals surface area contributed by atoms with Crippen LogP contribution in [-0.4, -0.2) is 21.6 Å². The lowest BCUT2D eigenvalue weighted by Gasteiger charge is -2.09. The second-order valence-corrected chi connectivity index (χ2v) is 4.52. The van der Waals surface area contributed by atoms with E-state index in [0.717, 1.165) is 12.1 Å². The summed E-state index contributed by atoms with van der Waals surface area (Å²) in [7, 11) is -5.03. The van der Waals surface area contributed by atoms with Gasteiger partial charge in [-0.3, -0.25) is 0 Å². The summed E-state index contributed by atoms with van der Waals surface area (Å²) in [6.45, 7) is 0.769. The summed E-state index contributed by atoms with van der Waals surface area (Å²) in [6.07, 6.45) is -0.717. The van der Waals surface area contributed by atoms with Crippen LogP contribution in [0.1, 0.15) is 11.9 Å². The average molecular weight is 250 g/mol. The van der Waals surface area contributed by atoms with Crippen LogP contribution < -0.4 is 0 Å². The first-order chi connectivity index (χ1) is 7.48. The molecule has 16 heavy (non-hydrogen) atoms. The molecule has 0 aliphatic carbocycles. The lowest BCUT2D eigenvalue weighted by molar-refractivity contribution is -0.0443.